The van der Waals surface area contributed by atoms with Gasteiger partial charge in [-0.2, -0.15) is 10.3 Å². The summed E-state index contributed by atoms with van der Waals surface area (Å²) in [6.07, 6.45) is 0. The maximum absolute atomic E-state index is 7.13. The van der Waals surface area contributed by atoms with E-state index in [0.717, 1.165) is 20.4 Å². The molecule has 0 unspecified atom stereocenters. The van der Waals surface area contributed by atoms with Gasteiger partial charge in [-0.15, -0.1) is 0 Å². The number of isothiocyanates is 2. The van der Waals surface area contributed by atoms with Crippen molar-refractivity contribution >= 4 is 88.1 Å². The Balaban J connectivity index is 0.000000380. The Kier molecular flexibility index (Phi) is 13.1. The first-order valence-electron chi connectivity index (χ1n) is 6.80. The van der Waals surface area contributed by atoms with Gasteiger partial charge in [0, 0.05) is 0 Å². The topological polar surface area (TPSA) is 122 Å². The smallest absolute Gasteiger partial charge is 0.753 e. The molecule has 27 heavy (non-hydrogen) atoms. The molecule has 0 saturated carbocycles. The summed E-state index contributed by atoms with van der Waals surface area (Å²) in [5.74, 6) is 0. The number of para-hydroxylation sites is 2. The van der Waals surface area contributed by atoms with Crippen LogP contribution in [0.1, 0.15) is 0 Å². The molecule has 4 aromatic rings. The van der Waals surface area contributed by atoms with Crippen LogP contribution in [0, 0.1) is 0 Å². The number of nitrogens with two attached hydrogens (primary N) is 2. The van der Waals surface area contributed by atoms with Crippen LogP contribution in [0.3, 0.4) is 0 Å². The minimum Gasteiger partial charge on any atom is -0.753 e. The molecule has 0 radical (unpaired) electrons. The molecule has 2 aromatic heterocycles. The summed E-state index contributed by atoms with van der Waals surface area (Å²) < 4.78 is 2.31. The molecule has 0 aliphatic heterocycles. The molecule has 0 bridgehead atoms. The third kappa shape index (κ3) is 8.99. The number of thiazole rings is 2. The molecule has 0 aliphatic rings. The number of fused-ring (bicyclic) bond motifs is 2. The van der Waals surface area contributed by atoms with Crippen LogP contribution in [0.25, 0.3) is 31.3 Å². The number of hydrogen-bond donors (Lipinski definition) is 2. The third-order valence-electron chi connectivity index (χ3n) is 2.62. The van der Waals surface area contributed by atoms with Gasteiger partial charge in [0.15, 0.2) is 10.3 Å². The number of benzene rings is 2. The van der Waals surface area contributed by atoms with Gasteiger partial charge in [0.25, 0.3) is 0 Å². The van der Waals surface area contributed by atoms with Gasteiger partial charge in [0.1, 0.15) is 0 Å². The van der Waals surface area contributed by atoms with Gasteiger partial charge < -0.3 is 22.3 Å². The summed E-state index contributed by atoms with van der Waals surface area (Å²) in [6.45, 7) is 0. The molecule has 0 saturated heterocycles. The molecule has 4 rings (SSSR count). The normalized spacial score (nSPS) is 8.30. The van der Waals surface area contributed by atoms with Crippen molar-refractivity contribution in [2.45, 2.75) is 0 Å². The van der Waals surface area contributed by atoms with E-state index in [1.165, 1.54) is 33.0 Å². The minimum absolute atomic E-state index is 0. The number of anilines is 2. The minimum atomic E-state index is 0. The van der Waals surface area contributed by atoms with E-state index < -0.39 is 0 Å². The molecule has 0 atom stereocenters. The second-order valence-electron chi connectivity index (χ2n) is 4.22. The van der Waals surface area contributed by atoms with Crippen LogP contribution in [0.4, 0.5) is 10.3 Å². The van der Waals surface area contributed by atoms with E-state index in [-0.39, 0.29) is 19.5 Å². The molecule has 0 spiro atoms. The summed E-state index contributed by atoms with van der Waals surface area (Å²) in [6, 6.07) is 15.8. The Hall–Kier alpha value is -1.96. The standard InChI is InChI=1S/2C7H6N2S.2CNS.Zn/c2*8-7-9-5-3-1-2-4-6(5)10-7;2*2-1-3;/h2*1-4H,(H2,8,9);;;/q;;2*-1;+2. The molecule has 0 aliphatic carbocycles. The Labute approximate surface area is 187 Å². The number of rotatable bonds is 0. The van der Waals surface area contributed by atoms with Gasteiger partial charge in [-0.1, -0.05) is 71.4 Å². The van der Waals surface area contributed by atoms with Gasteiger partial charge >= 0.3 is 19.5 Å². The van der Waals surface area contributed by atoms with E-state index in [1.54, 1.807) is 0 Å². The second-order valence-corrected chi connectivity index (χ2v) is 6.71. The van der Waals surface area contributed by atoms with Crippen LogP contribution in [0.15, 0.2) is 48.5 Å². The predicted octanol–water partition coefficient (Wildman–Crippen LogP) is 5.07. The molecule has 0 fully saturated rings. The summed E-state index contributed by atoms with van der Waals surface area (Å²) in [5.41, 5.74) is 13.0. The van der Waals surface area contributed by atoms with Gasteiger partial charge in [-0.3, -0.25) is 0 Å². The number of thiocarbonyl (C=S) groups is 2. The zero-order valence-corrected chi connectivity index (χ0v) is 20.1. The summed E-state index contributed by atoms with van der Waals surface area (Å²) >= 11 is 10.4. The maximum Gasteiger partial charge on any atom is 2.00 e. The Bertz CT molecular complexity index is 883. The Morgan fingerprint density at radius 2 is 1.04 bits per heavy atom. The van der Waals surface area contributed by atoms with Crippen molar-refractivity contribution in [1.29, 1.82) is 0 Å². The van der Waals surface area contributed by atoms with Crippen molar-refractivity contribution in [3.63, 3.8) is 0 Å². The van der Waals surface area contributed by atoms with Crippen molar-refractivity contribution in [2.75, 3.05) is 11.5 Å². The number of aromatic nitrogens is 2. The van der Waals surface area contributed by atoms with Crippen LogP contribution in [0.2, 0.25) is 0 Å². The van der Waals surface area contributed by atoms with Crippen LogP contribution < -0.4 is 11.5 Å². The first-order valence-corrected chi connectivity index (χ1v) is 9.25. The van der Waals surface area contributed by atoms with Crippen molar-refractivity contribution in [1.82, 2.24) is 9.97 Å². The largest absolute Gasteiger partial charge is 2.00 e. The molecular weight excluding hydrogens is 470 g/mol. The fourth-order valence-corrected chi connectivity index (χ4v) is 3.25. The number of nitrogen functional groups attached to an aromatic ring is 2. The van der Waals surface area contributed by atoms with E-state index in [9.17, 15) is 0 Å². The molecule has 2 aromatic carbocycles. The first kappa shape index (κ1) is 25.0. The zero-order chi connectivity index (χ0) is 19.4. The van der Waals surface area contributed by atoms with Crippen LogP contribution in [-0.2, 0) is 19.5 Å². The second kappa shape index (κ2) is 14.1. The summed E-state index contributed by atoms with van der Waals surface area (Å²) in [5, 5.41) is 18.2. The average Bonchev–Trinajstić information content (AvgIpc) is 3.17. The van der Waals surface area contributed by atoms with Gasteiger partial charge in [-0.25, -0.2) is 9.97 Å². The quantitative estimate of drug-likeness (QED) is 0.205. The van der Waals surface area contributed by atoms with E-state index in [4.69, 9.17) is 22.3 Å². The summed E-state index contributed by atoms with van der Waals surface area (Å²) in [4.78, 5) is 8.22. The number of hydrogen-bond acceptors (Lipinski definition) is 8. The fourth-order valence-electron chi connectivity index (χ4n) is 1.78. The molecular formula is C16H12N6S4Zn. The molecule has 4 N–H and O–H groups in total. The number of nitrogens with zero attached hydrogens (tertiary/aromatic N) is 4. The van der Waals surface area contributed by atoms with Crippen molar-refractivity contribution in [3.8, 4) is 0 Å². The van der Waals surface area contributed by atoms with Gasteiger partial charge in [0.2, 0.25) is 0 Å². The van der Waals surface area contributed by atoms with Gasteiger partial charge in [-0.05, 0) is 24.3 Å². The Morgan fingerprint density at radius 3 is 1.33 bits per heavy atom. The molecule has 6 nitrogen and oxygen atoms in total. The molecule has 132 valence electrons. The van der Waals surface area contributed by atoms with Crippen molar-refractivity contribution in [3.05, 3.63) is 59.3 Å². The van der Waals surface area contributed by atoms with Crippen molar-refractivity contribution < 1.29 is 19.5 Å². The summed E-state index contributed by atoms with van der Waals surface area (Å²) in [7, 11) is 0. The van der Waals surface area contributed by atoms with E-state index in [0.29, 0.717) is 10.3 Å². The monoisotopic (exact) mass is 480 g/mol. The van der Waals surface area contributed by atoms with E-state index in [1.807, 2.05) is 48.5 Å². The molecule has 0 amide bonds. The van der Waals surface area contributed by atoms with Crippen LogP contribution in [0.5, 0.6) is 0 Å². The van der Waals surface area contributed by atoms with E-state index >= 15 is 0 Å². The average molecular weight is 482 g/mol. The SMILES string of the molecule is Nc1nc2ccccc2s1.Nc1nc2ccccc2s1.[N-]=C=S.[N-]=C=S.[Zn+2]. The molecule has 11 heteroatoms. The van der Waals surface area contributed by atoms with E-state index in [2.05, 4.69) is 34.4 Å². The third-order valence-corrected chi connectivity index (χ3v) is 4.35. The first-order chi connectivity index (χ1) is 12.5. The zero-order valence-electron chi connectivity index (χ0n) is 13.9. The molecule has 2 heterocycles. The fraction of sp³-hybridized carbons (Fsp3) is 0. The Morgan fingerprint density at radius 1 is 0.741 bits per heavy atom. The van der Waals surface area contributed by atoms with Crippen LogP contribution >= 0.6 is 47.1 Å². The van der Waals surface area contributed by atoms with Crippen LogP contribution in [-0.4, -0.2) is 20.3 Å². The predicted molar refractivity (Wildman–Crippen MR) is 120 cm³/mol. The van der Waals surface area contributed by atoms with Crippen molar-refractivity contribution in [2.24, 2.45) is 0 Å². The maximum atomic E-state index is 7.13. The van der Waals surface area contributed by atoms with Gasteiger partial charge in [0.05, 0.1) is 20.4 Å².